The van der Waals surface area contributed by atoms with Crippen LogP contribution in [0.4, 0.5) is 4.79 Å². The van der Waals surface area contributed by atoms with Crippen molar-refractivity contribution in [2.75, 3.05) is 14.2 Å². The maximum absolute atomic E-state index is 13.0. The van der Waals surface area contributed by atoms with Gasteiger partial charge in [-0.1, -0.05) is 66.7 Å². The molecule has 0 aliphatic heterocycles. The molecule has 1 fully saturated rings. The topological polar surface area (TPSA) is 38.8 Å². The molecule has 3 aliphatic carbocycles. The number of hydrogen-bond acceptors (Lipinski definition) is 3. The van der Waals surface area contributed by atoms with Crippen LogP contribution in [0, 0.1) is 0 Å². The average Bonchev–Trinajstić information content (AvgIpc) is 2.87. The molecule has 0 spiro atoms. The van der Waals surface area contributed by atoms with Crippen LogP contribution in [0.5, 0.6) is 5.75 Å². The number of nitrogens with zero attached hydrogens (tertiary/aromatic N) is 1. The highest BCUT2D eigenvalue weighted by molar-refractivity contribution is 5.68. The Bertz CT molecular complexity index is 1080. The average molecular weight is 428 g/mol. The smallest absolute Gasteiger partial charge is 0.410 e. The van der Waals surface area contributed by atoms with Gasteiger partial charge in [-0.2, -0.15) is 0 Å². The van der Waals surface area contributed by atoms with E-state index in [4.69, 9.17) is 9.47 Å². The van der Waals surface area contributed by atoms with Gasteiger partial charge in [0.2, 0.25) is 0 Å². The molecule has 2 bridgehead atoms. The SMILES string of the molecule is COc1ccc([C@H]2C[C@H]3C[C@H](N(C)C(=O)OCc4ccccc4)[C@H]2c2ccccc23)cc1. The lowest BCUT2D eigenvalue weighted by Crippen LogP contribution is -2.49. The quantitative estimate of drug-likeness (QED) is 0.494. The van der Waals surface area contributed by atoms with E-state index >= 15 is 0 Å². The van der Waals surface area contributed by atoms with Crippen molar-refractivity contribution < 1.29 is 14.3 Å². The molecule has 1 amide bonds. The molecule has 3 aromatic carbocycles. The fourth-order valence-electron chi connectivity index (χ4n) is 5.67. The molecule has 0 unspecified atom stereocenters. The first kappa shape index (κ1) is 20.6. The van der Waals surface area contributed by atoms with Crippen LogP contribution >= 0.6 is 0 Å². The van der Waals surface area contributed by atoms with Gasteiger partial charge in [-0.15, -0.1) is 0 Å². The molecule has 0 aromatic heterocycles. The van der Waals surface area contributed by atoms with E-state index in [9.17, 15) is 4.79 Å². The van der Waals surface area contributed by atoms with Gasteiger partial charge in [-0.05, 0) is 59.1 Å². The van der Waals surface area contributed by atoms with E-state index in [2.05, 4.69) is 36.4 Å². The van der Waals surface area contributed by atoms with Gasteiger partial charge in [0.15, 0.2) is 0 Å². The van der Waals surface area contributed by atoms with Crippen LogP contribution in [-0.2, 0) is 11.3 Å². The summed E-state index contributed by atoms with van der Waals surface area (Å²) < 4.78 is 11.0. The predicted molar refractivity (Wildman–Crippen MR) is 125 cm³/mol. The van der Waals surface area contributed by atoms with E-state index < -0.39 is 0 Å². The maximum atomic E-state index is 13.0. The second kappa shape index (κ2) is 8.70. The summed E-state index contributed by atoms with van der Waals surface area (Å²) in [5.41, 5.74) is 5.14. The van der Waals surface area contributed by atoms with Gasteiger partial charge >= 0.3 is 6.09 Å². The molecule has 4 atom stereocenters. The van der Waals surface area contributed by atoms with Crippen molar-refractivity contribution >= 4 is 6.09 Å². The lowest BCUT2D eigenvalue weighted by atomic mass is 9.57. The molecule has 1 saturated carbocycles. The van der Waals surface area contributed by atoms with Gasteiger partial charge < -0.3 is 14.4 Å². The summed E-state index contributed by atoms with van der Waals surface area (Å²) >= 11 is 0. The number of rotatable bonds is 5. The molecule has 0 heterocycles. The minimum absolute atomic E-state index is 0.110. The van der Waals surface area contributed by atoms with Crippen LogP contribution in [0.25, 0.3) is 0 Å². The van der Waals surface area contributed by atoms with E-state index in [0.717, 1.165) is 24.2 Å². The minimum Gasteiger partial charge on any atom is -0.497 e. The predicted octanol–water partition coefficient (Wildman–Crippen LogP) is 6.09. The van der Waals surface area contributed by atoms with Crippen LogP contribution in [-0.4, -0.2) is 31.2 Å². The van der Waals surface area contributed by atoms with Gasteiger partial charge in [0.05, 0.1) is 7.11 Å². The Kier molecular flexibility index (Phi) is 5.60. The third kappa shape index (κ3) is 3.75. The van der Waals surface area contributed by atoms with Crippen LogP contribution in [0.1, 0.15) is 52.8 Å². The molecule has 3 aromatic rings. The normalized spacial score (nSPS) is 23.3. The lowest BCUT2D eigenvalue weighted by molar-refractivity contribution is 0.0677. The van der Waals surface area contributed by atoms with Crippen LogP contribution in [0.3, 0.4) is 0 Å². The molecule has 0 radical (unpaired) electrons. The van der Waals surface area contributed by atoms with Crippen molar-refractivity contribution in [1.29, 1.82) is 0 Å². The fraction of sp³-hybridized carbons (Fsp3) is 0.321. The number of amides is 1. The van der Waals surface area contributed by atoms with Crippen LogP contribution < -0.4 is 4.74 Å². The first-order valence-electron chi connectivity index (χ1n) is 11.3. The fourth-order valence-corrected chi connectivity index (χ4v) is 5.67. The zero-order chi connectivity index (χ0) is 22.1. The summed E-state index contributed by atoms with van der Waals surface area (Å²) in [6.45, 7) is 0.295. The molecule has 4 heteroatoms. The Morgan fingerprint density at radius 2 is 1.59 bits per heavy atom. The van der Waals surface area contributed by atoms with Gasteiger partial charge in [0.25, 0.3) is 0 Å². The minimum atomic E-state index is -0.252. The number of methoxy groups -OCH3 is 1. The third-order valence-corrected chi connectivity index (χ3v) is 7.24. The number of benzene rings is 3. The third-order valence-electron chi connectivity index (χ3n) is 7.24. The Balaban J connectivity index is 1.41. The maximum Gasteiger partial charge on any atom is 0.410 e. The first-order valence-corrected chi connectivity index (χ1v) is 11.3. The molecule has 164 valence electrons. The number of carbonyl (C=O) groups is 1. The van der Waals surface area contributed by atoms with Crippen molar-refractivity contribution in [3.63, 3.8) is 0 Å². The number of hydrogen-bond donors (Lipinski definition) is 0. The van der Waals surface area contributed by atoms with Crippen molar-refractivity contribution in [1.82, 2.24) is 4.90 Å². The number of likely N-dealkylation sites (N-methyl/N-ethyl adjacent to an activating group) is 1. The number of carbonyl (C=O) groups excluding carboxylic acids is 1. The van der Waals surface area contributed by atoms with Gasteiger partial charge in [-0.25, -0.2) is 4.79 Å². The standard InChI is InChI=1S/C28H29NO3/c1-29(28(30)32-18-19-8-4-3-5-9-19)26-17-21-16-25(20-12-14-22(31-2)15-13-20)27(26)24-11-7-6-10-23(21)24/h3-15,21,25-27H,16-18H2,1-2H3/t21-,25+,26-,27-/m0/s1. The van der Waals surface area contributed by atoms with Crippen molar-refractivity contribution in [3.8, 4) is 5.75 Å². The lowest BCUT2D eigenvalue weighted by Gasteiger charge is -2.51. The molecule has 32 heavy (non-hydrogen) atoms. The van der Waals surface area contributed by atoms with Crippen molar-refractivity contribution in [3.05, 3.63) is 101 Å². The van der Waals surface area contributed by atoms with Crippen LogP contribution in [0.15, 0.2) is 78.9 Å². The summed E-state index contributed by atoms with van der Waals surface area (Å²) in [6.07, 6.45) is 1.83. The second-order valence-electron chi connectivity index (χ2n) is 8.92. The monoisotopic (exact) mass is 427 g/mol. The Labute approximate surface area is 189 Å². The van der Waals surface area contributed by atoms with Gasteiger partial charge in [-0.3, -0.25) is 0 Å². The second-order valence-corrected chi connectivity index (χ2v) is 8.92. The van der Waals surface area contributed by atoms with E-state index in [1.807, 2.05) is 54.4 Å². The molecule has 4 nitrogen and oxygen atoms in total. The molecular weight excluding hydrogens is 398 g/mol. The number of fused-ring (bicyclic) bond motifs is 2. The zero-order valence-electron chi connectivity index (χ0n) is 18.6. The van der Waals surface area contributed by atoms with Crippen molar-refractivity contribution in [2.45, 2.75) is 43.2 Å². The summed E-state index contributed by atoms with van der Waals surface area (Å²) in [4.78, 5) is 14.9. The van der Waals surface area contributed by atoms with Crippen LogP contribution in [0.2, 0.25) is 0 Å². The Hall–Kier alpha value is -3.27. The van der Waals surface area contributed by atoms with Gasteiger partial charge in [0, 0.05) is 19.0 Å². The molecular formula is C28H29NO3. The van der Waals surface area contributed by atoms with E-state index in [0.29, 0.717) is 18.4 Å². The largest absolute Gasteiger partial charge is 0.497 e. The highest BCUT2D eigenvalue weighted by Gasteiger charge is 2.48. The highest BCUT2D eigenvalue weighted by Crippen LogP contribution is 2.57. The van der Waals surface area contributed by atoms with Gasteiger partial charge in [0.1, 0.15) is 12.4 Å². The summed E-state index contributed by atoms with van der Waals surface area (Å²) in [5.74, 6) is 1.92. The highest BCUT2D eigenvalue weighted by atomic mass is 16.6. The van der Waals surface area contributed by atoms with Crippen molar-refractivity contribution in [2.24, 2.45) is 0 Å². The Morgan fingerprint density at radius 1 is 0.906 bits per heavy atom. The molecule has 6 rings (SSSR count). The summed E-state index contributed by atoms with van der Waals surface area (Å²) in [7, 11) is 3.59. The Morgan fingerprint density at radius 3 is 2.31 bits per heavy atom. The molecule has 0 N–H and O–H groups in total. The zero-order valence-corrected chi connectivity index (χ0v) is 18.6. The summed E-state index contributed by atoms with van der Waals surface area (Å²) in [6, 6.07) is 27.2. The number of ether oxygens (including phenoxy) is 2. The summed E-state index contributed by atoms with van der Waals surface area (Å²) in [5, 5.41) is 0. The van der Waals surface area contributed by atoms with E-state index in [1.165, 1.54) is 16.7 Å². The van der Waals surface area contributed by atoms with E-state index in [1.54, 1.807) is 7.11 Å². The molecule has 0 saturated heterocycles. The van der Waals surface area contributed by atoms with E-state index in [-0.39, 0.29) is 18.1 Å². The molecule has 3 aliphatic rings. The first-order chi connectivity index (χ1) is 15.7.